The molecule has 162 valence electrons. The first-order valence-electron chi connectivity index (χ1n) is 12.2. The predicted molar refractivity (Wildman–Crippen MR) is 147 cm³/mol. The molecule has 1 nitrogen and oxygen atoms in total. The van der Waals surface area contributed by atoms with Crippen molar-refractivity contribution in [2.75, 3.05) is 0 Å². The Labute approximate surface area is 210 Å². The van der Waals surface area contributed by atoms with E-state index in [2.05, 4.69) is 89.5 Å². The van der Waals surface area contributed by atoms with Crippen LogP contribution in [0.2, 0.25) is 0 Å². The van der Waals surface area contributed by atoms with E-state index in [0.717, 1.165) is 0 Å². The van der Waals surface area contributed by atoms with E-state index in [0.29, 0.717) is 21.7 Å². The summed E-state index contributed by atoms with van der Waals surface area (Å²) in [5.41, 5.74) is 10.4. The summed E-state index contributed by atoms with van der Waals surface area (Å²) in [5, 5.41) is 1.45. The standard InChI is InChI=1S/C30H22BNSSe/c1-5-13-24-20(9-1)21-10-2-6-14-25(21)32(24)19-17-27-30-29(18-19)34-28-16-8-4-12-23(28)31(30)22-11-3-7-15-26(22)33-27/h1,3-5,7-9,11-13,15-18H,2,6,10,14H2. The first-order chi connectivity index (χ1) is 16.9. The molecule has 1 aliphatic carbocycles. The molecule has 0 saturated heterocycles. The normalized spacial score (nSPS) is 15.5. The van der Waals surface area contributed by atoms with E-state index in [1.54, 1.807) is 21.2 Å². The van der Waals surface area contributed by atoms with E-state index in [4.69, 9.17) is 0 Å². The number of hydrogen-bond donors (Lipinski definition) is 0. The summed E-state index contributed by atoms with van der Waals surface area (Å²) in [6.07, 6.45) is 5.00. The van der Waals surface area contributed by atoms with Gasteiger partial charge in [-0.15, -0.1) is 0 Å². The summed E-state index contributed by atoms with van der Waals surface area (Å²) >= 11 is 2.30. The second-order valence-corrected chi connectivity index (χ2v) is 12.9. The molecule has 0 amide bonds. The van der Waals surface area contributed by atoms with Gasteiger partial charge in [0.2, 0.25) is 0 Å². The Bertz CT molecular complexity index is 1560. The minimum atomic E-state index is 0.322. The van der Waals surface area contributed by atoms with Crippen molar-refractivity contribution < 1.29 is 0 Å². The van der Waals surface area contributed by atoms with Gasteiger partial charge in [-0.1, -0.05) is 0 Å². The zero-order chi connectivity index (χ0) is 22.2. The van der Waals surface area contributed by atoms with E-state index < -0.39 is 0 Å². The molecule has 8 rings (SSSR count). The summed E-state index contributed by atoms with van der Waals surface area (Å²) in [6, 6.07) is 32.3. The van der Waals surface area contributed by atoms with Gasteiger partial charge in [-0.2, -0.15) is 0 Å². The van der Waals surface area contributed by atoms with Gasteiger partial charge in [-0.3, -0.25) is 0 Å². The van der Waals surface area contributed by atoms with Crippen LogP contribution in [0.5, 0.6) is 0 Å². The first-order valence-corrected chi connectivity index (χ1v) is 14.7. The van der Waals surface area contributed by atoms with Crippen molar-refractivity contribution in [3.63, 3.8) is 0 Å². The van der Waals surface area contributed by atoms with Crippen LogP contribution < -0.4 is 25.3 Å². The van der Waals surface area contributed by atoms with Gasteiger partial charge < -0.3 is 0 Å². The van der Waals surface area contributed by atoms with E-state index in [-0.39, 0.29) is 0 Å². The quantitative estimate of drug-likeness (QED) is 0.302. The molecule has 3 heterocycles. The molecule has 5 aromatic rings. The van der Waals surface area contributed by atoms with Crippen LogP contribution in [0.4, 0.5) is 0 Å². The fourth-order valence-electron chi connectivity index (χ4n) is 6.30. The Morgan fingerprint density at radius 3 is 2.50 bits per heavy atom. The molecule has 2 aliphatic heterocycles. The Morgan fingerprint density at radius 2 is 1.53 bits per heavy atom. The van der Waals surface area contributed by atoms with Crippen LogP contribution in [0.1, 0.15) is 24.1 Å². The number of nitrogens with zero attached hydrogens (tertiary/aromatic N) is 1. The second kappa shape index (κ2) is 7.42. The third-order valence-electron chi connectivity index (χ3n) is 7.71. The summed E-state index contributed by atoms with van der Waals surface area (Å²) in [6.45, 7) is 0.360. The molecule has 4 aromatic carbocycles. The summed E-state index contributed by atoms with van der Waals surface area (Å²) in [4.78, 5) is 2.86. The molecule has 1 aromatic heterocycles. The number of rotatable bonds is 1. The third kappa shape index (κ3) is 2.71. The first kappa shape index (κ1) is 19.6. The summed E-state index contributed by atoms with van der Waals surface area (Å²) in [5.74, 6) is 0. The molecule has 0 radical (unpaired) electrons. The van der Waals surface area contributed by atoms with Gasteiger partial charge in [0.05, 0.1) is 0 Å². The SMILES string of the molecule is c1ccc2c(c1)Sc1cc(-n3c4c(c5ccccc53)CCCC4)cc3c1B2c1ccccc1[Se]3. The molecular weight excluding hydrogens is 496 g/mol. The topological polar surface area (TPSA) is 4.93 Å². The molecule has 0 spiro atoms. The Kier molecular flexibility index (Phi) is 4.29. The van der Waals surface area contributed by atoms with Crippen molar-refractivity contribution in [1.82, 2.24) is 4.57 Å². The van der Waals surface area contributed by atoms with Crippen molar-refractivity contribution >= 4 is 69.6 Å². The second-order valence-electron chi connectivity index (χ2n) is 9.55. The Balaban J connectivity index is 1.42. The zero-order valence-corrected chi connectivity index (χ0v) is 21.3. The predicted octanol–water partition coefficient (Wildman–Crippen LogP) is 3.46. The van der Waals surface area contributed by atoms with Gasteiger partial charge in [0.1, 0.15) is 0 Å². The van der Waals surface area contributed by atoms with Gasteiger partial charge in [-0.25, -0.2) is 0 Å². The fourth-order valence-corrected chi connectivity index (χ4v) is 10.2. The van der Waals surface area contributed by atoms with Gasteiger partial charge in [0.25, 0.3) is 0 Å². The molecule has 0 saturated carbocycles. The Morgan fingerprint density at radius 1 is 0.735 bits per heavy atom. The number of aromatic nitrogens is 1. The number of para-hydroxylation sites is 1. The average Bonchev–Trinajstić information content (AvgIpc) is 3.23. The summed E-state index contributed by atoms with van der Waals surface area (Å²) in [7, 11) is 0. The van der Waals surface area contributed by atoms with E-state index in [1.165, 1.54) is 67.5 Å². The van der Waals surface area contributed by atoms with Crippen LogP contribution >= 0.6 is 11.8 Å². The Hall–Kier alpha value is -2.65. The monoisotopic (exact) mass is 519 g/mol. The number of fused-ring (bicyclic) bond motifs is 7. The maximum atomic E-state index is 2.60. The van der Waals surface area contributed by atoms with Gasteiger partial charge in [0.15, 0.2) is 0 Å². The van der Waals surface area contributed by atoms with Crippen LogP contribution in [0.25, 0.3) is 16.6 Å². The van der Waals surface area contributed by atoms with Gasteiger partial charge in [0, 0.05) is 0 Å². The maximum absolute atomic E-state index is 2.60. The summed E-state index contributed by atoms with van der Waals surface area (Å²) < 4.78 is 5.71. The number of aryl methyl sites for hydroxylation is 1. The third-order valence-corrected chi connectivity index (χ3v) is 11.3. The molecular formula is C30H22BNSSe. The molecule has 0 N–H and O–H groups in total. The van der Waals surface area contributed by atoms with Gasteiger partial charge >= 0.3 is 212 Å². The van der Waals surface area contributed by atoms with Crippen molar-refractivity contribution in [3.05, 3.63) is 96.2 Å². The van der Waals surface area contributed by atoms with Crippen molar-refractivity contribution in [2.24, 2.45) is 0 Å². The van der Waals surface area contributed by atoms with Crippen LogP contribution in [0.15, 0.2) is 94.7 Å². The number of benzene rings is 4. The molecule has 3 aliphatic rings. The molecule has 0 unspecified atom stereocenters. The molecule has 0 bridgehead atoms. The molecule has 0 fully saturated rings. The molecule has 34 heavy (non-hydrogen) atoms. The van der Waals surface area contributed by atoms with Crippen molar-refractivity contribution in [2.45, 2.75) is 35.5 Å². The van der Waals surface area contributed by atoms with Crippen LogP contribution in [-0.4, -0.2) is 26.2 Å². The number of hydrogen-bond acceptors (Lipinski definition) is 1. The van der Waals surface area contributed by atoms with Crippen LogP contribution in [-0.2, 0) is 12.8 Å². The van der Waals surface area contributed by atoms with Crippen LogP contribution in [0, 0.1) is 0 Å². The average molecular weight is 518 g/mol. The molecule has 4 heteroatoms. The van der Waals surface area contributed by atoms with E-state index in [9.17, 15) is 0 Å². The molecule has 0 atom stereocenters. The van der Waals surface area contributed by atoms with Crippen LogP contribution in [0.3, 0.4) is 0 Å². The fraction of sp³-hybridized carbons (Fsp3) is 0.133. The van der Waals surface area contributed by atoms with Crippen molar-refractivity contribution in [3.8, 4) is 5.69 Å². The zero-order valence-electron chi connectivity index (χ0n) is 18.8. The van der Waals surface area contributed by atoms with Crippen molar-refractivity contribution in [1.29, 1.82) is 0 Å². The van der Waals surface area contributed by atoms with E-state index in [1.807, 2.05) is 11.8 Å². The van der Waals surface area contributed by atoms with E-state index >= 15 is 0 Å². The minimum absolute atomic E-state index is 0.322. The van der Waals surface area contributed by atoms with Gasteiger partial charge in [-0.05, 0) is 0 Å².